The summed E-state index contributed by atoms with van der Waals surface area (Å²) in [7, 11) is 0. The predicted octanol–water partition coefficient (Wildman–Crippen LogP) is 3.78. The highest BCUT2D eigenvalue weighted by atomic mass is 16.5. The molecule has 0 aliphatic carbocycles. The van der Waals surface area contributed by atoms with Gasteiger partial charge in [-0.2, -0.15) is 0 Å². The predicted molar refractivity (Wildman–Crippen MR) is 128 cm³/mol. The Bertz CT molecular complexity index is 984. The minimum atomic E-state index is -0.128. The highest BCUT2D eigenvalue weighted by Crippen LogP contribution is 2.27. The van der Waals surface area contributed by atoms with Gasteiger partial charge in [0.1, 0.15) is 0 Å². The minimum absolute atomic E-state index is 0.0425. The lowest BCUT2D eigenvalue weighted by Gasteiger charge is -2.37. The third-order valence-corrected chi connectivity index (χ3v) is 6.97. The summed E-state index contributed by atoms with van der Waals surface area (Å²) in [6, 6.07) is 10.3. The molecule has 0 radical (unpaired) electrons. The van der Waals surface area contributed by atoms with Crippen LogP contribution in [-0.2, 0) is 14.3 Å². The number of aromatic nitrogens is 2. The van der Waals surface area contributed by atoms with Gasteiger partial charge in [0.2, 0.25) is 5.91 Å². The number of hydrogen-bond donors (Lipinski definition) is 0. The summed E-state index contributed by atoms with van der Waals surface area (Å²) >= 11 is 0. The van der Waals surface area contributed by atoms with E-state index in [2.05, 4.69) is 47.1 Å². The molecule has 1 atom stereocenters. The fourth-order valence-electron chi connectivity index (χ4n) is 4.79. The van der Waals surface area contributed by atoms with Crippen LogP contribution in [0.3, 0.4) is 0 Å². The number of benzene rings is 1. The van der Waals surface area contributed by atoms with E-state index in [1.165, 1.54) is 11.1 Å². The first kappa shape index (κ1) is 23.2. The quantitative estimate of drug-likeness (QED) is 0.646. The van der Waals surface area contributed by atoms with E-state index in [1.54, 1.807) is 0 Å². The molecule has 0 spiro atoms. The van der Waals surface area contributed by atoms with E-state index in [0.29, 0.717) is 39.1 Å². The topological polar surface area (TPSA) is 75.6 Å². The molecule has 1 aromatic carbocycles. The molecule has 176 valence electrons. The zero-order valence-electron chi connectivity index (χ0n) is 19.9. The van der Waals surface area contributed by atoms with Crippen LogP contribution in [0, 0.1) is 25.7 Å². The number of aryl methyl sites for hydroxylation is 2. The first-order chi connectivity index (χ1) is 16.0. The summed E-state index contributed by atoms with van der Waals surface area (Å²) < 4.78 is 5.14. The van der Waals surface area contributed by atoms with Crippen molar-refractivity contribution in [1.29, 1.82) is 0 Å². The molecule has 2 aliphatic heterocycles. The number of likely N-dealkylation sites (tertiary alicyclic amines) is 1. The largest absolute Gasteiger partial charge is 0.466 e. The van der Waals surface area contributed by atoms with Crippen LogP contribution < -0.4 is 4.90 Å². The maximum atomic E-state index is 13.2. The Balaban J connectivity index is 1.36. The zero-order valence-corrected chi connectivity index (χ0v) is 19.9. The van der Waals surface area contributed by atoms with Crippen LogP contribution in [0.15, 0.2) is 30.3 Å². The van der Waals surface area contributed by atoms with Crippen molar-refractivity contribution >= 4 is 17.7 Å². The van der Waals surface area contributed by atoms with Crippen LogP contribution in [0.2, 0.25) is 0 Å². The fourth-order valence-corrected chi connectivity index (χ4v) is 4.79. The van der Waals surface area contributed by atoms with Gasteiger partial charge in [0.15, 0.2) is 5.82 Å². The normalized spacial score (nSPS) is 19.4. The van der Waals surface area contributed by atoms with Gasteiger partial charge in [-0.25, -0.2) is 0 Å². The Hall–Kier alpha value is -2.96. The molecule has 1 amide bonds. The summed E-state index contributed by atoms with van der Waals surface area (Å²) in [6.45, 7) is 9.24. The average molecular weight is 451 g/mol. The number of carbonyl (C=O) groups is 2. The van der Waals surface area contributed by atoms with Gasteiger partial charge in [0.25, 0.3) is 0 Å². The molecular weight excluding hydrogens is 416 g/mol. The molecule has 0 unspecified atom stereocenters. The summed E-state index contributed by atoms with van der Waals surface area (Å²) in [6.07, 6.45) is 3.22. The van der Waals surface area contributed by atoms with Crippen LogP contribution in [0.25, 0.3) is 11.3 Å². The third-order valence-electron chi connectivity index (χ3n) is 6.97. The summed E-state index contributed by atoms with van der Waals surface area (Å²) in [5, 5.41) is 8.95. The first-order valence-electron chi connectivity index (χ1n) is 12.1. The number of nitrogens with zero attached hydrogens (tertiary/aromatic N) is 4. The Morgan fingerprint density at radius 1 is 0.970 bits per heavy atom. The number of ether oxygens (including phenoxy) is 1. The number of carbonyl (C=O) groups excluding carboxylic acids is 2. The van der Waals surface area contributed by atoms with E-state index in [-0.39, 0.29) is 23.7 Å². The standard InChI is InChI=1S/C26H34N4O3/c1-4-33-26(32)20-11-14-29(15-12-20)25(31)22-6-5-13-30(17-22)24-10-9-23(27-28-24)21-8-7-18(2)19(3)16-21/h7-10,16,20,22H,4-6,11-15,17H2,1-3H3/t22-/m1/s1. The number of piperidine rings is 2. The molecule has 1 aromatic heterocycles. The van der Waals surface area contributed by atoms with E-state index in [1.807, 2.05) is 24.0 Å². The molecule has 7 nitrogen and oxygen atoms in total. The molecule has 0 bridgehead atoms. The average Bonchev–Trinajstić information content (AvgIpc) is 2.86. The number of anilines is 1. The molecule has 2 fully saturated rings. The maximum Gasteiger partial charge on any atom is 0.309 e. The lowest BCUT2D eigenvalue weighted by atomic mass is 9.93. The molecule has 0 saturated carbocycles. The van der Waals surface area contributed by atoms with Crippen LogP contribution >= 0.6 is 0 Å². The third kappa shape index (κ3) is 5.34. The second kappa shape index (κ2) is 10.3. The summed E-state index contributed by atoms with van der Waals surface area (Å²) in [5.41, 5.74) is 4.42. The molecule has 2 aliphatic rings. The second-order valence-electron chi connectivity index (χ2n) is 9.21. The van der Waals surface area contributed by atoms with Gasteiger partial charge in [-0.1, -0.05) is 12.1 Å². The van der Waals surface area contributed by atoms with Crippen molar-refractivity contribution in [3.8, 4) is 11.3 Å². The smallest absolute Gasteiger partial charge is 0.309 e. The lowest BCUT2D eigenvalue weighted by Crippen LogP contribution is -2.48. The molecule has 0 N–H and O–H groups in total. The monoisotopic (exact) mass is 450 g/mol. The van der Waals surface area contributed by atoms with Gasteiger partial charge in [0.05, 0.1) is 24.1 Å². The van der Waals surface area contributed by atoms with Crippen molar-refractivity contribution in [2.45, 2.75) is 46.5 Å². The molecule has 33 heavy (non-hydrogen) atoms. The molecule has 7 heteroatoms. The van der Waals surface area contributed by atoms with Crippen molar-refractivity contribution in [2.24, 2.45) is 11.8 Å². The van der Waals surface area contributed by atoms with E-state index in [9.17, 15) is 9.59 Å². The number of amides is 1. The van der Waals surface area contributed by atoms with Gasteiger partial charge < -0.3 is 14.5 Å². The molecule has 4 rings (SSSR count). The number of hydrogen-bond acceptors (Lipinski definition) is 6. The van der Waals surface area contributed by atoms with E-state index in [4.69, 9.17) is 4.74 Å². The van der Waals surface area contributed by atoms with Gasteiger partial charge >= 0.3 is 5.97 Å². The van der Waals surface area contributed by atoms with E-state index < -0.39 is 0 Å². The fraction of sp³-hybridized carbons (Fsp3) is 0.538. The van der Waals surface area contributed by atoms with Crippen molar-refractivity contribution in [3.63, 3.8) is 0 Å². The Kier molecular flexibility index (Phi) is 7.26. The van der Waals surface area contributed by atoms with Gasteiger partial charge in [-0.15, -0.1) is 10.2 Å². The van der Waals surface area contributed by atoms with Gasteiger partial charge in [-0.05, 0) is 75.8 Å². The van der Waals surface area contributed by atoms with Crippen LogP contribution in [-0.4, -0.2) is 59.8 Å². The highest BCUT2D eigenvalue weighted by molar-refractivity contribution is 5.80. The highest BCUT2D eigenvalue weighted by Gasteiger charge is 2.33. The van der Waals surface area contributed by atoms with Gasteiger partial charge in [0, 0.05) is 31.7 Å². The Labute approximate surface area is 196 Å². The minimum Gasteiger partial charge on any atom is -0.466 e. The van der Waals surface area contributed by atoms with Crippen LogP contribution in [0.5, 0.6) is 0 Å². The van der Waals surface area contributed by atoms with Crippen molar-refractivity contribution < 1.29 is 14.3 Å². The maximum absolute atomic E-state index is 13.2. The van der Waals surface area contributed by atoms with Crippen LogP contribution in [0.4, 0.5) is 5.82 Å². The second-order valence-corrected chi connectivity index (χ2v) is 9.21. The Morgan fingerprint density at radius 2 is 1.76 bits per heavy atom. The van der Waals surface area contributed by atoms with E-state index in [0.717, 1.165) is 36.5 Å². The summed E-state index contributed by atoms with van der Waals surface area (Å²) in [5.74, 6) is 0.765. The van der Waals surface area contributed by atoms with Crippen molar-refractivity contribution in [2.75, 3.05) is 37.7 Å². The Morgan fingerprint density at radius 3 is 2.42 bits per heavy atom. The van der Waals surface area contributed by atoms with Crippen LogP contribution in [0.1, 0.15) is 43.7 Å². The van der Waals surface area contributed by atoms with Crippen molar-refractivity contribution in [3.05, 3.63) is 41.5 Å². The SMILES string of the molecule is CCOC(=O)C1CCN(C(=O)[C@@H]2CCCN(c3ccc(-c4ccc(C)c(C)c4)nn3)C2)CC1. The van der Waals surface area contributed by atoms with E-state index >= 15 is 0 Å². The van der Waals surface area contributed by atoms with Crippen molar-refractivity contribution in [1.82, 2.24) is 15.1 Å². The molecule has 2 aromatic rings. The molecule has 2 saturated heterocycles. The molecule has 3 heterocycles. The zero-order chi connectivity index (χ0) is 23.4. The lowest BCUT2D eigenvalue weighted by molar-refractivity contribution is -0.151. The number of rotatable bonds is 5. The summed E-state index contributed by atoms with van der Waals surface area (Å²) in [4.78, 5) is 29.3. The number of esters is 1. The molecular formula is C26H34N4O3. The first-order valence-corrected chi connectivity index (χ1v) is 12.1. The van der Waals surface area contributed by atoms with Gasteiger partial charge in [-0.3, -0.25) is 9.59 Å².